The lowest BCUT2D eigenvalue weighted by molar-refractivity contribution is 0.415. The monoisotopic (exact) mass is 311 g/mol. The average molecular weight is 311 g/mol. The van der Waals surface area contributed by atoms with E-state index in [0.717, 1.165) is 28.3 Å². The summed E-state index contributed by atoms with van der Waals surface area (Å²) in [6.07, 6.45) is 3.68. The summed E-state index contributed by atoms with van der Waals surface area (Å²) in [4.78, 5) is 9.89. The van der Waals surface area contributed by atoms with Gasteiger partial charge in [-0.05, 0) is 30.7 Å². The Morgan fingerprint density at radius 1 is 1.27 bits per heavy atom. The van der Waals surface area contributed by atoms with Crippen molar-refractivity contribution in [2.24, 2.45) is 4.99 Å². The van der Waals surface area contributed by atoms with Crippen molar-refractivity contribution in [2.45, 2.75) is 13.5 Å². The van der Waals surface area contributed by atoms with Gasteiger partial charge < -0.3 is 9.30 Å². The van der Waals surface area contributed by atoms with Crippen LogP contribution in [0.25, 0.3) is 0 Å². The van der Waals surface area contributed by atoms with Gasteiger partial charge in [-0.3, -0.25) is 4.98 Å². The molecule has 2 aromatic heterocycles. The van der Waals surface area contributed by atoms with E-state index in [-0.39, 0.29) is 0 Å². The fraction of sp³-hybridized carbons (Fsp3) is 0.176. The van der Waals surface area contributed by atoms with E-state index in [1.165, 1.54) is 5.69 Å². The van der Waals surface area contributed by atoms with Crippen molar-refractivity contribution in [1.29, 1.82) is 0 Å². The number of hydrogen-bond donors (Lipinski definition) is 0. The molecule has 0 saturated heterocycles. The molecule has 0 unspecified atom stereocenters. The molecule has 2 heterocycles. The maximum Gasteiger partial charge on any atom is 0.190 e. The van der Waals surface area contributed by atoms with Crippen molar-refractivity contribution >= 4 is 17.0 Å². The van der Waals surface area contributed by atoms with Crippen molar-refractivity contribution in [3.05, 3.63) is 70.2 Å². The van der Waals surface area contributed by atoms with Crippen molar-refractivity contribution in [1.82, 2.24) is 9.55 Å². The van der Waals surface area contributed by atoms with E-state index in [1.54, 1.807) is 24.6 Å². The fourth-order valence-electron chi connectivity index (χ4n) is 2.16. The number of rotatable bonds is 4. The SMILES string of the molecule is COc1cccc(N=c2scc(C)n2Cc2cccnc2)c1. The van der Waals surface area contributed by atoms with Crippen LogP contribution >= 0.6 is 11.3 Å². The molecule has 5 heteroatoms. The second-order valence-corrected chi connectivity index (χ2v) is 5.76. The number of hydrogen-bond acceptors (Lipinski definition) is 4. The summed E-state index contributed by atoms with van der Waals surface area (Å²) < 4.78 is 7.45. The van der Waals surface area contributed by atoms with Crippen LogP contribution in [-0.2, 0) is 6.54 Å². The Kier molecular flexibility index (Phi) is 4.34. The predicted octanol–water partition coefficient (Wildman–Crippen LogP) is 3.54. The zero-order chi connectivity index (χ0) is 15.4. The van der Waals surface area contributed by atoms with E-state index in [1.807, 2.05) is 36.5 Å². The van der Waals surface area contributed by atoms with Crippen LogP contribution in [-0.4, -0.2) is 16.7 Å². The van der Waals surface area contributed by atoms with E-state index in [4.69, 9.17) is 9.73 Å². The van der Waals surface area contributed by atoms with E-state index < -0.39 is 0 Å². The third kappa shape index (κ3) is 3.26. The smallest absolute Gasteiger partial charge is 0.190 e. The summed E-state index contributed by atoms with van der Waals surface area (Å²) in [6.45, 7) is 2.86. The van der Waals surface area contributed by atoms with Gasteiger partial charge in [-0.15, -0.1) is 11.3 Å². The first-order valence-electron chi connectivity index (χ1n) is 6.99. The lowest BCUT2D eigenvalue weighted by Crippen LogP contribution is -2.16. The van der Waals surface area contributed by atoms with Crippen LogP contribution in [0.15, 0.2) is 59.2 Å². The summed E-state index contributed by atoms with van der Waals surface area (Å²) in [6, 6.07) is 11.8. The molecule has 0 aliphatic rings. The molecule has 1 aromatic carbocycles. The Balaban J connectivity index is 1.99. The molecule has 0 bridgehead atoms. The molecule has 22 heavy (non-hydrogen) atoms. The predicted molar refractivity (Wildman–Crippen MR) is 88.6 cm³/mol. The van der Waals surface area contributed by atoms with E-state index >= 15 is 0 Å². The highest BCUT2D eigenvalue weighted by Gasteiger charge is 2.03. The number of methoxy groups -OCH3 is 1. The molecule has 0 aliphatic heterocycles. The van der Waals surface area contributed by atoms with Crippen molar-refractivity contribution in [3.63, 3.8) is 0 Å². The van der Waals surface area contributed by atoms with Gasteiger partial charge >= 0.3 is 0 Å². The van der Waals surface area contributed by atoms with Crippen LogP contribution < -0.4 is 9.54 Å². The molecular weight excluding hydrogens is 294 g/mol. The lowest BCUT2D eigenvalue weighted by atomic mass is 10.3. The fourth-order valence-corrected chi connectivity index (χ4v) is 3.06. The number of aryl methyl sites for hydroxylation is 1. The minimum Gasteiger partial charge on any atom is -0.497 e. The van der Waals surface area contributed by atoms with E-state index in [0.29, 0.717) is 0 Å². The summed E-state index contributed by atoms with van der Waals surface area (Å²) >= 11 is 1.64. The molecule has 3 aromatic rings. The maximum absolute atomic E-state index is 5.25. The third-order valence-electron chi connectivity index (χ3n) is 3.33. The van der Waals surface area contributed by atoms with E-state index in [9.17, 15) is 0 Å². The van der Waals surface area contributed by atoms with Gasteiger partial charge in [0, 0.05) is 29.5 Å². The lowest BCUT2D eigenvalue weighted by Gasteiger charge is -2.06. The van der Waals surface area contributed by atoms with Gasteiger partial charge in [-0.2, -0.15) is 0 Å². The second kappa shape index (κ2) is 6.58. The van der Waals surface area contributed by atoms with Crippen LogP contribution in [0.2, 0.25) is 0 Å². The Morgan fingerprint density at radius 3 is 2.95 bits per heavy atom. The molecule has 0 spiro atoms. The van der Waals surface area contributed by atoms with Gasteiger partial charge in [-0.25, -0.2) is 4.99 Å². The Labute approximate surface area is 133 Å². The maximum atomic E-state index is 5.25. The molecule has 3 rings (SSSR count). The second-order valence-electron chi connectivity index (χ2n) is 4.92. The van der Waals surface area contributed by atoms with Crippen LogP contribution in [0.4, 0.5) is 5.69 Å². The molecule has 0 amide bonds. The minimum atomic E-state index is 0.770. The summed E-state index contributed by atoms with van der Waals surface area (Å²) in [5, 5.41) is 2.12. The largest absolute Gasteiger partial charge is 0.497 e. The van der Waals surface area contributed by atoms with Gasteiger partial charge in [0.25, 0.3) is 0 Å². The van der Waals surface area contributed by atoms with Crippen LogP contribution in [0, 0.1) is 6.92 Å². The zero-order valence-electron chi connectivity index (χ0n) is 12.6. The Morgan fingerprint density at radius 2 is 2.18 bits per heavy atom. The quantitative estimate of drug-likeness (QED) is 0.739. The van der Waals surface area contributed by atoms with Crippen molar-refractivity contribution in [2.75, 3.05) is 7.11 Å². The molecule has 0 atom stereocenters. The highest BCUT2D eigenvalue weighted by molar-refractivity contribution is 7.07. The van der Waals surface area contributed by atoms with Gasteiger partial charge in [0.15, 0.2) is 4.80 Å². The summed E-state index contributed by atoms with van der Waals surface area (Å²) in [5.74, 6) is 0.813. The molecule has 0 radical (unpaired) electrons. The molecular formula is C17H17N3OS. The molecule has 0 N–H and O–H groups in total. The Bertz CT molecular complexity index is 821. The van der Waals surface area contributed by atoms with E-state index in [2.05, 4.69) is 27.9 Å². The highest BCUT2D eigenvalue weighted by Crippen LogP contribution is 2.19. The van der Waals surface area contributed by atoms with Crippen LogP contribution in [0.1, 0.15) is 11.3 Å². The molecule has 0 fully saturated rings. The number of pyridine rings is 1. The van der Waals surface area contributed by atoms with Gasteiger partial charge in [0.2, 0.25) is 0 Å². The summed E-state index contributed by atoms with van der Waals surface area (Å²) in [5.41, 5.74) is 3.24. The molecule has 0 saturated carbocycles. The first kappa shape index (κ1) is 14.5. The van der Waals surface area contributed by atoms with Crippen LogP contribution in [0.3, 0.4) is 0 Å². The minimum absolute atomic E-state index is 0.770. The summed E-state index contributed by atoms with van der Waals surface area (Å²) in [7, 11) is 1.66. The van der Waals surface area contributed by atoms with Crippen molar-refractivity contribution < 1.29 is 4.74 Å². The van der Waals surface area contributed by atoms with Gasteiger partial charge in [0.05, 0.1) is 19.3 Å². The number of benzene rings is 1. The first-order valence-corrected chi connectivity index (χ1v) is 7.87. The standard InChI is InChI=1S/C17H17N3OS/c1-13-12-22-17(19-15-6-3-7-16(9-15)21-2)20(13)11-14-5-4-8-18-10-14/h3-10,12H,11H2,1-2H3. The highest BCUT2D eigenvalue weighted by atomic mass is 32.1. The van der Waals surface area contributed by atoms with Gasteiger partial charge in [0.1, 0.15) is 5.75 Å². The third-order valence-corrected chi connectivity index (χ3v) is 4.31. The van der Waals surface area contributed by atoms with Gasteiger partial charge in [-0.1, -0.05) is 12.1 Å². The number of ether oxygens (including phenoxy) is 1. The first-order chi connectivity index (χ1) is 10.8. The molecule has 112 valence electrons. The number of nitrogens with zero attached hydrogens (tertiary/aromatic N) is 3. The van der Waals surface area contributed by atoms with Crippen molar-refractivity contribution in [3.8, 4) is 5.75 Å². The Hall–Kier alpha value is -2.40. The number of aromatic nitrogens is 2. The normalized spacial score (nSPS) is 11.6. The number of thiazole rings is 1. The average Bonchev–Trinajstić information content (AvgIpc) is 2.89. The molecule has 0 aliphatic carbocycles. The topological polar surface area (TPSA) is 39.4 Å². The zero-order valence-corrected chi connectivity index (χ0v) is 13.4. The van der Waals surface area contributed by atoms with Crippen LogP contribution in [0.5, 0.6) is 5.75 Å². The molecule has 4 nitrogen and oxygen atoms in total.